The van der Waals surface area contributed by atoms with Crippen LogP contribution in [0.25, 0.3) is 0 Å². The molecule has 0 saturated carbocycles. The average molecular weight is 313 g/mol. The van der Waals surface area contributed by atoms with Crippen molar-refractivity contribution in [2.75, 3.05) is 0 Å². The van der Waals surface area contributed by atoms with E-state index in [4.69, 9.17) is 0 Å². The van der Waals surface area contributed by atoms with Gasteiger partial charge in [-0.05, 0) is 19.4 Å². The van der Waals surface area contributed by atoms with E-state index in [9.17, 15) is 0 Å². The van der Waals surface area contributed by atoms with Gasteiger partial charge in [0.15, 0.2) is 0 Å². The fraction of sp³-hybridized carbons (Fsp3) is 0.273. The Morgan fingerprint density at radius 1 is 1.20 bits per heavy atom. The summed E-state index contributed by atoms with van der Waals surface area (Å²) in [5.41, 5.74) is 3.86. The lowest BCUT2D eigenvalue weighted by Gasteiger charge is -2.04. The number of hydrogen-bond donors (Lipinski definition) is 0. The van der Waals surface area contributed by atoms with Crippen molar-refractivity contribution in [1.82, 2.24) is 14.8 Å². The first-order chi connectivity index (χ1) is 7.13. The Morgan fingerprint density at radius 2 is 1.87 bits per heavy atom. The zero-order chi connectivity index (χ0) is 10.8. The Morgan fingerprint density at radius 3 is 2.40 bits per heavy atom. The number of rotatable bonds is 2. The summed E-state index contributed by atoms with van der Waals surface area (Å²) in [6.45, 7) is 5.02. The van der Waals surface area contributed by atoms with E-state index >= 15 is 0 Å². The summed E-state index contributed by atoms with van der Waals surface area (Å²) in [4.78, 5) is 4.10. The van der Waals surface area contributed by atoms with E-state index in [-0.39, 0.29) is 0 Å². The Kier molecular flexibility index (Phi) is 3.04. The fourth-order valence-corrected chi connectivity index (χ4v) is 2.10. The van der Waals surface area contributed by atoms with Gasteiger partial charge in [-0.15, -0.1) is 5.10 Å². The Labute approximate surface area is 103 Å². The van der Waals surface area contributed by atoms with Crippen LogP contribution in [0.2, 0.25) is 0 Å². The predicted octanol–water partition coefficient (Wildman–Crippen LogP) is 2.55. The second kappa shape index (κ2) is 4.30. The second-order valence-electron chi connectivity index (χ2n) is 3.71. The zero-order valence-electron chi connectivity index (χ0n) is 8.74. The topological polar surface area (TPSA) is 30.7 Å². The van der Waals surface area contributed by atoms with Crippen molar-refractivity contribution < 1.29 is 0 Å². The van der Waals surface area contributed by atoms with Crippen LogP contribution in [-0.4, -0.2) is 14.8 Å². The minimum Gasteiger partial charge on any atom is -0.247 e. The molecule has 0 spiro atoms. The molecule has 15 heavy (non-hydrogen) atoms. The van der Waals surface area contributed by atoms with Gasteiger partial charge in [-0.25, -0.2) is 9.67 Å². The minimum absolute atomic E-state index is 0.789. The number of halogens is 1. The highest BCUT2D eigenvalue weighted by Crippen LogP contribution is 2.10. The summed E-state index contributed by atoms with van der Waals surface area (Å²) in [6, 6.07) is 6.54. The van der Waals surface area contributed by atoms with Crippen LogP contribution in [0.1, 0.15) is 16.7 Å². The zero-order valence-corrected chi connectivity index (χ0v) is 10.9. The average Bonchev–Trinajstić information content (AvgIpc) is 2.49. The molecule has 2 rings (SSSR count). The molecular weight excluding hydrogens is 301 g/mol. The Hall–Kier alpha value is -0.910. The van der Waals surface area contributed by atoms with Gasteiger partial charge in [0.2, 0.25) is 3.83 Å². The van der Waals surface area contributed by atoms with Gasteiger partial charge in [0.05, 0.1) is 6.54 Å². The number of nitrogens with zero attached hydrogens (tertiary/aromatic N) is 3. The SMILES string of the molecule is Cc1cc(C)cc(Cn2cnc(I)n2)c1. The first kappa shape index (κ1) is 10.6. The van der Waals surface area contributed by atoms with Crippen molar-refractivity contribution in [3.63, 3.8) is 0 Å². The minimum atomic E-state index is 0.789. The first-order valence-electron chi connectivity index (χ1n) is 4.75. The van der Waals surface area contributed by atoms with Gasteiger partial charge >= 0.3 is 0 Å². The Bertz CT molecular complexity index is 456. The first-order valence-corrected chi connectivity index (χ1v) is 5.83. The van der Waals surface area contributed by atoms with E-state index in [0.717, 1.165) is 10.4 Å². The van der Waals surface area contributed by atoms with Crippen LogP contribution in [0.5, 0.6) is 0 Å². The number of benzene rings is 1. The van der Waals surface area contributed by atoms with Crippen molar-refractivity contribution in [3.8, 4) is 0 Å². The molecule has 0 aliphatic rings. The molecule has 1 aromatic carbocycles. The highest BCUT2D eigenvalue weighted by molar-refractivity contribution is 14.1. The molecule has 0 saturated heterocycles. The van der Waals surface area contributed by atoms with E-state index in [2.05, 4.69) is 64.7 Å². The summed E-state index contributed by atoms with van der Waals surface area (Å²) >= 11 is 2.11. The quantitative estimate of drug-likeness (QED) is 0.798. The number of aromatic nitrogens is 3. The third-order valence-corrected chi connectivity index (χ3v) is 2.63. The lowest BCUT2D eigenvalue weighted by molar-refractivity contribution is 0.679. The summed E-state index contributed by atoms with van der Waals surface area (Å²) in [7, 11) is 0. The van der Waals surface area contributed by atoms with E-state index in [1.54, 1.807) is 6.33 Å². The summed E-state index contributed by atoms with van der Waals surface area (Å²) in [5, 5.41) is 4.26. The van der Waals surface area contributed by atoms with Crippen LogP contribution in [0.15, 0.2) is 24.5 Å². The molecule has 0 aliphatic heterocycles. The molecule has 0 aliphatic carbocycles. The third-order valence-electron chi connectivity index (χ3n) is 2.13. The van der Waals surface area contributed by atoms with Crippen LogP contribution in [-0.2, 0) is 6.54 Å². The molecule has 1 aromatic heterocycles. The van der Waals surface area contributed by atoms with Gasteiger partial charge in [0.25, 0.3) is 0 Å². The summed E-state index contributed by atoms with van der Waals surface area (Å²) in [5.74, 6) is 0. The summed E-state index contributed by atoms with van der Waals surface area (Å²) < 4.78 is 2.65. The molecule has 3 nitrogen and oxygen atoms in total. The van der Waals surface area contributed by atoms with Crippen molar-refractivity contribution in [2.45, 2.75) is 20.4 Å². The van der Waals surface area contributed by atoms with E-state index in [0.29, 0.717) is 0 Å². The van der Waals surface area contributed by atoms with Crippen LogP contribution in [0, 0.1) is 17.7 Å². The normalized spacial score (nSPS) is 10.6. The second-order valence-corrected chi connectivity index (χ2v) is 4.67. The van der Waals surface area contributed by atoms with Gasteiger partial charge < -0.3 is 0 Å². The standard InChI is InChI=1S/C11H12IN3/c1-8-3-9(2)5-10(4-8)6-15-7-13-11(12)14-15/h3-5,7H,6H2,1-2H3. The van der Waals surface area contributed by atoms with Gasteiger partial charge in [-0.2, -0.15) is 0 Å². The van der Waals surface area contributed by atoms with E-state index in [1.807, 2.05) is 4.68 Å². The molecule has 0 bridgehead atoms. The summed E-state index contributed by atoms with van der Waals surface area (Å²) in [6.07, 6.45) is 1.76. The predicted molar refractivity (Wildman–Crippen MR) is 67.8 cm³/mol. The van der Waals surface area contributed by atoms with Crippen LogP contribution in [0.3, 0.4) is 0 Å². The maximum Gasteiger partial charge on any atom is 0.211 e. The molecule has 0 N–H and O–H groups in total. The lowest BCUT2D eigenvalue weighted by Crippen LogP contribution is -2.01. The molecule has 0 radical (unpaired) electrons. The monoisotopic (exact) mass is 313 g/mol. The molecule has 0 atom stereocenters. The smallest absolute Gasteiger partial charge is 0.211 e. The van der Waals surface area contributed by atoms with E-state index in [1.165, 1.54) is 16.7 Å². The van der Waals surface area contributed by atoms with Crippen molar-refractivity contribution in [1.29, 1.82) is 0 Å². The molecule has 2 aromatic rings. The van der Waals surface area contributed by atoms with Gasteiger partial charge in [-0.3, -0.25) is 0 Å². The van der Waals surface area contributed by atoms with Crippen LogP contribution in [0.4, 0.5) is 0 Å². The molecule has 1 heterocycles. The Balaban J connectivity index is 2.24. The molecule has 78 valence electrons. The van der Waals surface area contributed by atoms with Gasteiger partial charge in [0, 0.05) is 22.6 Å². The molecule has 0 amide bonds. The van der Waals surface area contributed by atoms with Crippen molar-refractivity contribution in [2.24, 2.45) is 0 Å². The molecule has 4 heteroatoms. The van der Waals surface area contributed by atoms with E-state index < -0.39 is 0 Å². The number of aryl methyl sites for hydroxylation is 2. The molecule has 0 unspecified atom stereocenters. The number of hydrogen-bond acceptors (Lipinski definition) is 2. The molecule has 0 fully saturated rings. The molecular formula is C11H12IN3. The van der Waals surface area contributed by atoms with Crippen molar-refractivity contribution in [3.05, 3.63) is 45.0 Å². The maximum absolute atomic E-state index is 4.26. The van der Waals surface area contributed by atoms with Crippen LogP contribution < -0.4 is 0 Å². The third kappa shape index (κ3) is 2.77. The fourth-order valence-electron chi connectivity index (χ4n) is 1.70. The van der Waals surface area contributed by atoms with Crippen molar-refractivity contribution >= 4 is 22.6 Å². The van der Waals surface area contributed by atoms with Gasteiger partial charge in [0.1, 0.15) is 6.33 Å². The van der Waals surface area contributed by atoms with Gasteiger partial charge in [-0.1, -0.05) is 29.3 Å². The largest absolute Gasteiger partial charge is 0.247 e. The lowest BCUT2D eigenvalue weighted by atomic mass is 10.1. The highest BCUT2D eigenvalue weighted by atomic mass is 127. The maximum atomic E-state index is 4.26. The highest BCUT2D eigenvalue weighted by Gasteiger charge is 2.00. The van der Waals surface area contributed by atoms with Crippen LogP contribution >= 0.6 is 22.6 Å².